The van der Waals surface area contributed by atoms with Crippen LogP contribution in [0.1, 0.15) is 26.5 Å². The summed E-state index contributed by atoms with van der Waals surface area (Å²) in [5, 5.41) is 4.30. The van der Waals surface area contributed by atoms with Gasteiger partial charge in [-0.05, 0) is 52.0 Å². The average Bonchev–Trinajstić information content (AvgIpc) is 2.74. The van der Waals surface area contributed by atoms with Crippen LogP contribution in [0.4, 0.5) is 10.5 Å². The van der Waals surface area contributed by atoms with Gasteiger partial charge in [-0.1, -0.05) is 0 Å². The van der Waals surface area contributed by atoms with Gasteiger partial charge in [0.2, 0.25) is 0 Å². The second-order valence-corrected chi connectivity index (χ2v) is 5.97. The Hall–Kier alpha value is -2.50. The lowest BCUT2D eigenvalue weighted by atomic mass is 10.1. The Morgan fingerprint density at radius 3 is 2.32 bits per heavy atom. The standard InChI is InChI=1S/C16H21N3O3/c1-10-13(17)14(11-6-8-12(21-5)9-7-11)18-19(10)15(20)22-16(2,3)4/h6-9H,17H2,1-5H3. The van der Waals surface area contributed by atoms with E-state index < -0.39 is 11.7 Å². The SMILES string of the molecule is COc1ccc(-c2nn(C(=O)OC(C)(C)C)c(C)c2N)cc1. The number of rotatable bonds is 2. The molecule has 0 aliphatic rings. The van der Waals surface area contributed by atoms with Gasteiger partial charge in [-0.2, -0.15) is 9.78 Å². The minimum absolute atomic E-state index is 0.455. The fraction of sp³-hybridized carbons (Fsp3) is 0.375. The largest absolute Gasteiger partial charge is 0.497 e. The molecule has 6 nitrogen and oxygen atoms in total. The molecule has 1 heterocycles. The highest BCUT2D eigenvalue weighted by Gasteiger charge is 2.23. The first-order valence-electron chi connectivity index (χ1n) is 6.96. The molecule has 0 radical (unpaired) electrons. The first-order valence-corrected chi connectivity index (χ1v) is 6.96. The van der Waals surface area contributed by atoms with Gasteiger partial charge in [0, 0.05) is 5.56 Å². The summed E-state index contributed by atoms with van der Waals surface area (Å²) in [5.74, 6) is 0.741. The molecule has 2 N–H and O–H groups in total. The zero-order valence-electron chi connectivity index (χ0n) is 13.5. The predicted molar refractivity (Wildman–Crippen MR) is 85.0 cm³/mol. The third-order valence-electron chi connectivity index (χ3n) is 3.09. The van der Waals surface area contributed by atoms with Crippen molar-refractivity contribution in [3.8, 4) is 17.0 Å². The minimum atomic E-state index is -0.593. The maximum atomic E-state index is 12.2. The molecule has 0 aliphatic heterocycles. The van der Waals surface area contributed by atoms with Gasteiger partial charge in [0.25, 0.3) is 0 Å². The van der Waals surface area contributed by atoms with E-state index in [0.717, 1.165) is 11.3 Å². The normalized spacial score (nSPS) is 11.3. The van der Waals surface area contributed by atoms with E-state index >= 15 is 0 Å². The number of nitrogens with two attached hydrogens (primary N) is 1. The third-order valence-corrected chi connectivity index (χ3v) is 3.09. The maximum Gasteiger partial charge on any atom is 0.435 e. The Labute approximate surface area is 129 Å². The van der Waals surface area contributed by atoms with E-state index in [1.807, 2.05) is 24.3 Å². The topological polar surface area (TPSA) is 79.4 Å². The Kier molecular flexibility index (Phi) is 4.12. The molecule has 0 spiro atoms. The van der Waals surface area contributed by atoms with Crippen molar-refractivity contribution < 1.29 is 14.3 Å². The van der Waals surface area contributed by atoms with Crippen molar-refractivity contribution in [1.82, 2.24) is 9.78 Å². The van der Waals surface area contributed by atoms with Crippen LogP contribution in [0.2, 0.25) is 0 Å². The Balaban J connectivity index is 2.38. The van der Waals surface area contributed by atoms with E-state index in [1.165, 1.54) is 4.68 Å². The zero-order valence-corrected chi connectivity index (χ0v) is 13.5. The summed E-state index contributed by atoms with van der Waals surface area (Å²) in [6.07, 6.45) is -0.545. The molecule has 1 aromatic carbocycles. The fourth-order valence-electron chi connectivity index (χ4n) is 1.96. The molecule has 0 atom stereocenters. The minimum Gasteiger partial charge on any atom is -0.497 e. The molecule has 0 fully saturated rings. The smallest absolute Gasteiger partial charge is 0.435 e. The van der Waals surface area contributed by atoms with Crippen molar-refractivity contribution in [3.63, 3.8) is 0 Å². The Morgan fingerprint density at radius 2 is 1.82 bits per heavy atom. The summed E-state index contributed by atoms with van der Waals surface area (Å²) >= 11 is 0. The van der Waals surface area contributed by atoms with Crippen LogP contribution in [0, 0.1) is 6.92 Å². The van der Waals surface area contributed by atoms with Gasteiger partial charge < -0.3 is 15.2 Å². The van der Waals surface area contributed by atoms with E-state index in [-0.39, 0.29) is 0 Å². The molecule has 0 saturated carbocycles. The molecule has 118 valence electrons. The van der Waals surface area contributed by atoms with Crippen molar-refractivity contribution in [2.45, 2.75) is 33.3 Å². The summed E-state index contributed by atoms with van der Waals surface area (Å²) in [6, 6.07) is 7.32. The fourth-order valence-corrected chi connectivity index (χ4v) is 1.96. The van der Waals surface area contributed by atoms with Crippen LogP contribution in [0.25, 0.3) is 11.3 Å². The van der Waals surface area contributed by atoms with Gasteiger partial charge in [0.05, 0.1) is 18.5 Å². The molecular weight excluding hydrogens is 282 g/mol. The molecule has 2 aromatic rings. The maximum absolute atomic E-state index is 12.2. The lowest BCUT2D eigenvalue weighted by Gasteiger charge is -2.19. The van der Waals surface area contributed by atoms with Gasteiger partial charge in [0.1, 0.15) is 17.0 Å². The lowest BCUT2D eigenvalue weighted by molar-refractivity contribution is 0.0511. The summed E-state index contributed by atoms with van der Waals surface area (Å²) in [4.78, 5) is 12.2. The van der Waals surface area contributed by atoms with Crippen molar-refractivity contribution in [2.24, 2.45) is 0 Å². The van der Waals surface area contributed by atoms with Crippen molar-refractivity contribution >= 4 is 11.8 Å². The molecule has 1 aromatic heterocycles. The molecule has 2 rings (SSSR count). The summed E-state index contributed by atoms with van der Waals surface area (Å²) in [5.41, 5.74) is 7.86. The molecule has 0 saturated heterocycles. The number of nitrogen functional groups attached to an aromatic ring is 1. The first-order chi connectivity index (χ1) is 10.2. The summed E-state index contributed by atoms with van der Waals surface area (Å²) in [7, 11) is 1.60. The van der Waals surface area contributed by atoms with Gasteiger partial charge in [0.15, 0.2) is 0 Å². The average molecular weight is 303 g/mol. The molecular formula is C16H21N3O3. The highest BCUT2D eigenvalue weighted by atomic mass is 16.6. The second-order valence-electron chi connectivity index (χ2n) is 5.97. The van der Waals surface area contributed by atoms with Crippen LogP contribution in [-0.2, 0) is 4.74 Å². The molecule has 0 unspecified atom stereocenters. The number of benzene rings is 1. The number of nitrogens with zero attached hydrogens (tertiary/aromatic N) is 2. The quantitative estimate of drug-likeness (QED) is 0.921. The van der Waals surface area contributed by atoms with Crippen LogP contribution in [0.15, 0.2) is 24.3 Å². The number of methoxy groups -OCH3 is 1. The van der Waals surface area contributed by atoms with Gasteiger partial charge >= 0.3 is 6.09 Å². The van der Waals surface area contributed by atoms with Crippen LogP contribution in [0.5, 0.6) is 5.75 Å². The highest BCUT2D eigenvalue weighted by molar-refractivity contribution is 5.80. The predicted octanol–water partition coefficient (Wildman–Crippen LogP) is 3.23. The number of carbonyl (C=O) groups is 1. The van der Waals surface area contributed by atoms with Crippen molar-refractivity contribution in [3.05, 3.63) is 30.0 Å². The second kappa shape index (κ2) is 5.71. The highest BCUT2D eigenvalue weighted by Crippen LogP contribution is 2.29. The van der Waals surface area contributed by atoms with Gasteiger partial charge in [-0.3, -0.25) is 0 Å². The number of anilines is 1. The van der Waals surface area contributed by atoms with Crippen molar-refractivity contribution in [1.29, 1.82) is 0 Å². The monoisotopic (exact) mass is 303 g/mol. The first kappa shape index (κ1) is 15.9. The lowest BCUT2D eigenvalue weighted by Crippen LogP contribution is -2.28. The van der Waals surface area contributed by atoms with Crippen LogP contribution in [0.3, 0.4) is 0 Å². The zero-order chi connectivity index (χ0) is 16.5. The van der Waals surface area contributed by atoms with Gasteiger partial charge in [-0.15, -0.1) is 0 Å². The Morgan fingerprint density at radius 1 is 1.23 bits per heavy atom. The third kappa shape index (κ3) is 3.21. The van der Waals surface area contributed by atoms with Crippen LogP contribution < -0.4 is 10.5 Å². The number of ether oxygens (including phenoxy) is 2. The summed E-state index contributed by atoms with van der Waals surface area (Å²) < 4.78 is 11.7. The van der Waals surface area contributed by atoms with E-state index in [2.05, 4.69) is 5.10 Å². The van der Waals surface area contributed by atoms with E-state index in [0.29, 0.717) is 17.1 Å². The number of hydrogen-bond donors (Lipinski definition) is 1. The van der Waals surface area contributed by atoms with Gasteiger partial charge in [-0.25, -0.2) is 4.79 Å². The van der Waals surface area contributed by atoms with E-state index in [4.69, 9.17) is 15.2 Å². The van der Waals surface area contributed by atoms with Crippen molar-refractivity contribution in [2.75, 3.05) is 12.8 Å². The number of aromatic nitrogens is 2. The molecule has 0 aliphatic carbocycles. The van der Waals surface area contributed by atoms with Crippen LogP contribution >= 0.6 is 0 Å². The molecule has 6 heteroatoms. The van der Waals surface area contributed by atoms with Crippen LogP contribution in [-0.4, -0.2) is 28.6 Å². The molecule has 0 bridgehead atoms. The number of carbonyl (C=O) groups excluding carboxylic acids is 1. The molecule has 0 amide bonds. The molecule has 22 heavy (non-hydrogen) atoms. The summed E-state index contributed by atoms with van der Waals surface area (Å²) in [6.45, 7) is 7.14. The Bertz CT molecular complexity index is 682. The van der Waals surface area contributed by atoms with E-state index in [1.54, 1.807) is 34.8 Å². The number of hydrogen-bond acceptors (Lipinski definition) is 5. The van der Waals surface area contributed by atoms with E-state index in [9.17, 15) is 4.79 Å².